The van der Waals surface area contributed by atoms with Gasteiger partial charge in [-0.2, -0.15) is 0 Å². The van der Waals surface area contributed by atoms with Gasteiger partial charge in [-0.25, -0.2) is 4.39 Å². The summed E-state index contributed by atoms with van der Waals surface area (Å²) >= 11 is 0. The maximum atomic E-state index is 12.9. The first-order chi connectivity index (χ1) is 12.8. The van der Waals surface area contributed by atoms with Gasteiger partial charge >= 0.3 is 0 Å². The van der Waals surface area contributed by atoms with E-state index in [2.05, 4.69) is 27.8 Å². The minimum Gasteiger partial charge on any atom is -0.377 e. The number of hydrogen-bond donors (Lipinski definition) is 2. The van der Waals surface area contributed by atoms with Gasteiger partial charge in [0.15, 0.2) is 5.96 Å². The first kappa shape index (κ1) is 19.9. The third kappa shape index (κ3) is 8.12. The molecule has 5 heteroatoms. The van der Waals surface area contributed by atoms with E-state index >= 15 is 0 Å². The second-order valence-corrected chi connectivity index (χ2v) is 6.05. The number of nitrogens with zero attached hydrogens (tertiary/aromatic N) is 1. The van der Waals surface area contributed by atoms with Crippen LogP contribution in [0.1, 0.15) is 24.0 Å². The first-order valence-electron chi connectivity index (χ1n) is 9.08. The predicted molar refractivity (Wildman–Crippen MR) is 105 cm³/mol. The van der Waals surface area contributed by atoms with E-state index in [9.17, 15) is 4.39 Å². The summed E-state index contributed by atoms with van der Waals surface area (Å²) in [5, 5.41) is 6.57. The summed E-state index contributed by atoms with van der Waals surface area (Å²) in [7, 11) is 1.76. The highest BCUT2D eigenvalue weighted by atomic mass is 19.1. The molecule has 0 heterocycles. The van der Waals surface area contributed by atoms with E-state index in [1.807, 2.05) is 30.3 Å². The molecule has 0 amide bonds. The third-order valence-corrected chi connectivity index (χ3v) is 3.96. The number of benzene rings is 2. The number of ether oxygens (including phenoxy) is 1. The van der Waals surface area contributed by atoms with Crippen LogP contribution in [-0.4, -0.2) is 32.7 Å². The molecule has 0 fully saturated rings. The van der Waals surface area contributed by atoms with Crippen LogP contribution in [0.3, 0.4) is 0 Å². The van der Waals surface area contributed by atoms with Crippen LogP contribution in [0.15, 0.2) is 59.6 Å². The van der Waals surface area contributed by atoms with Crippen LogP contribution < -0.4 is 10.6 Å². The number of unbranched alkanes of at least 4 members (excludes halogenated alkanes) is 1. The quantitative estimate of drug-likeness (QED) is 0.388. The molecule has 0 saturated heterocycles. The Morgan fingerprint density at radius 2 is 1.65 bits per heavy atom. The molecule has 0 aliphatic rings. The van der Waals surface area contributed by atoms with Crippen molar-refractivity contribution in [3.8, 4) is 0 Å². The highest BCUT2D eigenvalue weighted by Gasteiger charge is 1.99. The van der Waals surface area contributed by atoms with Crippen LogP contribution in [-0.2, 0) is 17.8 Å². The molecule has 0 atom stereocenters. The Morgan fingerprint density at radius 1 is 0.923 bits per heavy atom. The Kier molecular flexibility index (Phi) is 9.22. The molecule has 0 unspecified atom stereocenters. The van der Waals surface area contributed by atoms with Crippen LogP contribution in [0.25, 0.3) is 0 Å². The molecule has 0 radical (unpaired) electrons. The lowest BCUT2D eigenvalue weighted by Gasteiger charge is -2.12. The molecule has 0 aromatic heterocycles. The molecule has 2 aromatic carbocycles. The van der Waals surface area contributed by atoms with Crippen molar-refractivity contribution < 1.29 is 9.13 Å². The summed E-state index contributed by atoms with van der Waals surface area (Å²) in [5.74, 6) is 0.587. The fourth-order valence-corrected chi connectivity index (χ4v) is 2.50. The molecule has 0 saturated carbocycles. The Bertz CT molecular complexity index is 644. The summed E-state index contributed by atoms with van der Waals surface area (Å²) in [6.07, 6.45) is 2.86. The molecule has 2 N–H and O–H groups in total. The van der Waals surface area contributed by atoms with Gasteiger partial charge in [-0.15, -0.1) is 0 Å². The lowest BCUT2D eigenvalue weighted by Crippen LogP contribution is -2.38. The van der Waals surface area contributed by atoms with Crippen molar-refractivity contribution in [2.24, 2.45) is 4.99 Å². The van der Waals surface area contributed by atoms with E-state index in [1.165, 1.54) is 17.7 Å². The lowest BCUT2D eigenvalue weighted by atomic mass is 10.1. The zero-order valence-electron chi connectivity index (χ0n) is 15.4. The normalized spacial score (nSPS) is 11.4. The number of rotatable bonds is 10. The molecule has 0 spiro atoms. The van der Waals surface area contributed by atoms with Crippen molar-refractivity contribution in [1.82, 2.24) is 10.6 Å². The molecule has 26 heavy (non-hydrogen) atoms. The Morgan fingerprint density at radius 3 is 2.38 bits per heavy atom. The summed E-state index contributed by atoms with van der Waals surface area (Å²) in [4.78, 5) is 4.21. The monoisotopic (exact) mass is 357 g/mol. The Hall–Kier alpha value is -2.40. The van der Waals surface area contributed by atoms with Gasteiger partial charge in [-0.1, -0.05) is 42.5 Å². The molecule has 0 aliphatic heterocycles. The Balaban J connectivity index is 1.50. The number of halogens is 1. The molecule has 0 bridgehead atoms. The van der Waals surface area contributed by atoms with Crippen molar-refractivity contribution in [3.63, 3.8) is 0 Å². The summed E-state index contributed by atoms with van der Waals surface area (Å²) < 4.78 is 18.6. The number of nitrogens with one attached hydrogen (secondary N) is 2. The maximum Gasteiger partial charge on any atom is 0.190 e. The topological polar surface area (TPSA) is 45.7 Å². The molecular weight excluding hydrogens is 329 g/mol. The highest BCUT2D eigenvalue weighted by Crippen LogP contribution is 2.03. The van der Waals surface area contributed by atoms with Crippen molar-refractivity contribution in [1.29, 1.82) is 0 Å². The van der Waals surface area contributed by atoms with Gasteiger partial charge in [-0.3, -0.25) is 4.99 Å². The average Bonchev–Trinajstić information content (AvgIpc) is 2.68. The smallest absolute Gasteiger partial charge is 0.190 e. The lowest BCUT2D eigenvalue weighted by molar-refractivity contribution is 0.117. The van der Waals surface area contributed by atoms with Gasteiger partial charge < -0.3 is 15.4 Å². The van der Waals surface area contributed by atoms with E-state index in [-0.39, 0.29) is 5.82 Å². The predicted octanol–water partition coefficient (Wildman–Crippen LogP) is 3.53. The summed E-state index contributed by atoms with van der Waals surface area (Å²) in [6, 6.07) is 16.8. The molecule has 0 aliphatic carbocycles. The van der Waals surface area contributed by atoms with Gasteiger partial charge in [-0.05, 0) is 42.5 Å². The zero-order chi connectivity index (χ0) is 18.5. The second kappa shape index (κ2) is 12.0. The largest absolute Gasteiger partial charge is 0.377 e. The first-order valence-corrected chi connectivity index (χ1v) is 9.08. The molecule has 140 valence electrons. The Labute approximate surface area is 155 Å². The molecular formula is C21H28FN3O. The van der Waals surface area contributed by atoms with E-state index in [1.54, 1.807) is 7.05 Å². The number of hydrogen-bond acceptors (Lipinski definition) is 2. The average molecular weight is 357 g/mol. The number of aliphatic imine (C=N–C) groups is 1. The van der Waals surface area contributed by atoms with Crippen molar-refractivity contribution in [3.05, 3.63) is 71.5 Å². The molecule has 2 aromatic rings. The molecule has 2 rings (SSSR count). The molecule has 4 nitrogen and oxygen atoms in total. The van der Waals surface area contributed by atoms with Gasteiger partial charge in [0.2, 0.25) is 0 Å². The fraction of sp³-hybridized carbons (Fsp3) is 0.381. The van der Waals surface area contributed by atoms with Gasteiger partial charge in [0.05, 0.1) is 6.61 Å². The van der Waals surface area contributed by atoms with Crippen molar-refractivity contribution in [2.45, 2.75) is 25.9 Å². The highest BCUT2D eigenvalue weighted by molar-refractivity contribution is 5.79. The van der Waals surface area contributed by atoms with Crippen LogP contribution >= 0.6 is 0 Å². The van der Waals surface area contributed by atoms with Crippen LogP contribution in [0.5, 0.6) is 0 Å². The van der Waals surface area contributed by atoms with Crippen LogP contribution in [0, 0.1) is 5.82 Å². The standard InChI is InChI=1S/C21H28FN3O/c1-23-21(25-15-13-18-9-11-20(22)12-10-18)24-14-5-6-16-26-17-19-7-3-2-4-8-19/h2-4,7-12H,5-6,13-17H2,1H3,(H2,23,24,25). The number of guanidine groups is 1. The maximum absolute atomic E-state index is 12.9. The van der Waals surface area contributed by atoms with Crippen molar-refractivity contribution in [2.75, 3.05) is 26.7 Å². The van der Waals surface area contributed by atoms with Crippen LogP contribution in [0.2, 0.25) is 0 Å². The summed E-state index contributed by atoms with van der Waals surface area (Å²) in [6.45, 7) is 3.03. The van der Waals surface area contributed by atoms with Crippen molar-refractivity contribution >= 4 is 5.96 Å². The SMILES string of the molecule is CN=C(NCCCCOCc1ccccc1)NCCc1ccc(F)cc1. The van der Waals surface area contributed by atoms with Crippen LogP contribution in [0.4, 0.5) is 4.39 Å². The third-order valence-electron chi connectivity index (χ3n) is 3.96. The fourth-order valence-electron chi connectivity index (χ4n) is 2.50. The summed E-state index contributed by atoms with van der Waals surface area (Å²) in [5.41, 5.74) is 2.31. The minimum atomic E-state index is -0.202. The van der Waals surface area contributed by atoms with E-state index in [0.29, 0.717) is 6.61 Å². The van der Waals surface area contributed by atoms with E-state index < -0.39 is 0 Å². The minimum absolute atomic E-state index is 0.202. The van der Waals surface area contributed by atoms with Gasteiger partial charge in [0.25, 0.3) is 0 Å². The zero-order valence-corrected chi connectivity index (χ0v) is 15.4. The van der Waals surface area contributed by atoms with Gasteiger partial charge in [0.1, 0.15) is 5.82 Å². The second-order valence-electron chi connectivity index (χ2n) is 6.05. The van der Waals surface area contributed by atoms with E-state index in [0.717, 1.165) is 50.5 Å². The van der Waals surface area contributed by atoms with Gasteiger partial charge in [0, 0.05) is 26.7 Å². The van der Waals surface area contributed by atoms with E-state index in [4.69, 9.17) is 4.74 Å².